The van der Waals surface area contributed by atoms with Crippen LogP contribution < -0.4 is 11.1 Å². The number of urea groups is 1. The van der Waals surface area contributed by atoms with Crippen LogP contribution in [-0.2, 0) is 0 Å². The Balaban J connectivity index is 2.34. The summed E-state index contributed by atoms with van der Waals surface area (Å²) in [6.07, 6.45) is 0.744. The molecule has 3 N–H and O–H groups in total. The Morgan fingerprint density at radius 3 is 2.78 bits per heavy atom. The Morgan fingerprint density at radius 1 is 1.56 bits per heavy atom. The molecule has 5 nitrogen and oxygen atoms in total. The van der Waals surface area contributed by atoms with Crippen LogP contribution in [0.15, 0.2) is 0 Å². The van der Waals surface area contributed by atoms with Gasteiger partial charge in [0.05, 0.1) is 4.99 Å². The molecule has 1 fully saturated rings. The Bertz CT molecular complexity index is 296. The Hall–Kier alpha value is -0.880. The largest absolute Gasteiger partial charge is 0.393 e. The van der Waals surface area contributed by atoms with E-state index in [2.05, 4.69) is 24.1 Å². The van der Waals surface area contributed by atoms with Crippen LogP contribution in [0.1, 0.15) is 20.3 Å². The molecule has 0 aromatic heterocycles. The van der Waals surface area contributed by atoms with Crippen molar-refractivity contribution in [3.8, 4) is 0 Å². The quantitative estimate of drug-likeness (QED) is 0.637. The first-order valence-corrected chi connectivity index (χ1v) is 6.93. The molecule has 104 valence electrons. The SMILES string of the molecule is CC(C)CN(CCC(N)=S)CCN1CCNC1=O. The number of rotatable bonds is 8. The van der Waals surface area contributed by atoms with Crippen LogP contribution >= 0.6 is 12.2 Å². The van der Waals surface area contributed by atoms with E-state index in [1.54, 1.807) is 0 Å². The molecule has 0 aromatic rings. The van der Waals surface area contributed by atoms with Gasteiger partial charge in [0.1, 0.15) is 0 Å². The molecule has 0 unspecified atom stereocenters. The van der Waals surface area contributed by atoms with Gasteiger partial charge >= 0.3 is 6.03 Å². The Kier molecular flexibility index (Phi) is 6.35. The number of thiocarbonyl (C=S) groups is 1. The molecule has 1 aliphatic rings. The predicted octanol–water partition coefficient (Wildman–Crippen LogP) is 0.646. The fraction of sp³-hybridized carbons (Fsp3) is 0.833. The van der Waals surface area contributed by atoms with Gasteiger partial charge in [0.25, 0.3) is 0 Å². The van der Waals surface area contributed by atoms with E-state index in [9.17, 15) is 4.79 Å². The van der Waals surface area contributed by atoms with Crippen molar-refractivity contribution in [1.82, 2.24) is 15.1 Å². The molecule has 2 amide bonds. The second-order valence-corrected chi connectivity index (χ2v) is 5.65. The summed E-state index contributed by atoms with van der Waals surface area (Å²) in [5, 5.41) is 2.81. The van der Waals surface area contributed by atoms with Gasteiger partial charge in [-0.3, -0.25) is 0 Å². The van der Waals surface area contributed by atoms with Crippen molar-refractivity contribution in [2.45, 2.75) is 20.3 Å². The molecule has 0 bridgehead atoms. The fourth-order valence-electron chi connectivity index (χ4n) is 2.07. The topological polar surface area (TPSA) is 61.6 Å². The summed E-state index contributed by atoms with van der Waals surface area (Å²) in [5.41, 5.74) is 5.54. The van der Waals surface area contributed by atoms with Crippen molar-refractivity contribution in [2.75, 3.05) is 39.3 Å². The molecule has 1 saturated heterocycles. The summed E-state index contributed by atoms with van der Waals surface area (Å²) in [6.45, 7) is 9.50. The fourth-order valence-corrected chi connectivity index (χ4v) is 2.16. The zero-order valence-electron chi connectivity index (χ0n) is 11.3. The maximum absolute atomic E-state index is 11.4. The molecule has 1 aliphatic heterocycles. The van der Waals surface area contributed by atoms with Crippen molar-refractivity contribution >= 4 is 23.2 Å². The number of hydrogen-bond acceptors (Lipinski definition) is 3. The van der Waals surface area contributed by atoms with Crippen molar-refractivity contribution < 1.29 is 4.79 Å². The summed E-state index contributed by atoms with van der Waals surface area (Å²) in [7, 11) is 0. The molecule has 0 aromatic carbocycles. The first-order valence-electron chi connectivity index (χ1n) is 6.52. The van der Waals surface area contributed by atoms with Crippen molar-refractivity contribution in [2.24, 2.45) is 11.7 Å². The number of carbonyl (C=O) groups is 1. The number of amides is 2. The Labute approximate surface area is 115 Å². The van der Waals surface area contributed by atoms with Crippen molar-refractivity contribution in [3.05, 3.63) is 0 Å². The molecule has 18 heavy (non-hydrogen) atoms. The lowest BCUT2D eigenvalue weighted by molar-refractivity contribution is 0.195. The van der Waals surface area contributed by atoms with E-state index < -0.39 is 0 Å². The van der Waals surface area contributed by atoms with Gasteiger partial charge in [0, 0.05) is 45.7 Å². The highest BCUT2D eigenvalue weighted by molar-refractivity contribution is 7.80. The van der Waals surface area contributed by atoms with Gasteiger partial charge in [-0.15, -0.1) is 0 Å². The molecule has 0 saturated carbocycles. The standard InChI is InChI=1S/C12H24N4OS/c1-10(2)9-15(5-3-11(13)18)7-8-16-6-4-14-12(16)17/h10H,3-9H2,1-2H3,(H2,13,18)(H,14,17). The van der Waals surface area contributed by atoms with E-state index in [1.807, 2.05) is 4.90 Å². The van der Waals surface area contributed by atoms with Gasteiger partial charge in [-0.1, -0.05) is 26.1 Å². The van der Waals surface area contributed by atoms with Gasteiger partial charge in [-0.2, -0.15) is 0 Å². The lowest BCUT2D eigenvalue weighted by Gasteiger charge is -2.26. The lowest BCUT2D eigenvalue weighted by atomic mass is 10.2. The maximum Gasteiger partial charge on any atom is 0.317 e. The van der Waals surface area contributed by atoms with Gasteiger partial charge in [-0.05, 0) is 5.92 Å². The van der Waals surface area contributed by atoms with E-state index in [0.29, 0.717) is 10.9 Å². The molecule has 0 spiro atoms. The highest BCUT2D eigenvalue weighted by atomic mass is 32.1. The zero-order valence-corrected chi connectivity index (χ0v) is 12.1. The van der Waals surface area contributed by atoms with Crippen LogP contribution in [0.4, 0.5) is 4.79 Å². The molecular weight excluding hydrogens is 248 g/mol. The van der Waals surface area contributed by atoms with Gasteiger partial charge < -0.3 is 20.9 Å². The van der Waals surface area contributed by atoms with E-state index >= 15 is 0 Å². The lowest BCUT2D eigenvalue weighted by Crippen LogP contribution is -2.39. The third-order valence-electron chi connectivity index (χ3n) is 2.93. The summed E-state index contributed by atoms with van der Waals surface area (Å²) in [5.74, 6) is 0.601. The van der Waals surface area contributed by atoms with Crippen molar-refractivity contribution in [1.29, 1.82) is 0 Å². The first-order chi connectivity index (χ1) is 8.49. The van der Waals surface area contributed by atoms with E-state index in [1.165, 1.54) is 0 Å². The molecule has 0 aliphatic carbocycles. The summed E-state index contributed by atoms with van der Waals surface area (Å²) in [4.78, 5) is 16.2. The average molecular weight is 272 g/mol. The number of hydrogen-bond donors (Lipinski definition) is 2. The summed E-state index contributed by atoms with van der Waals surface area (Å²) >= 11 is 4.91. The minimum absolute atomic E-state index is 0.0499. The van der Waals surface area contributed by atoms with Crippen LogP contribution in [0.5, 0.6) is 0 Å². The molecular formula is C12H24N4OS. The second kappa shape index (κ2) is 7.53. The van der Waals surface area contributed by atoms with Gasteiger partial charge in [0.2, 0.25) is 0 Å². The van der Waals surface area contributed by atoms with Crippen molar-refractivity contribution in [3.63, 3.8) is 0 Å². The maximum atomic E-state index is 11.4. The molecule has 1 rings (SSSR count). The van der Waals surface area contributed by atoms with E-state index in [4.69, 9.17) is 18.0 Å². The average Bonchev–Trinajstić information content (AvgIpc) is 2.67. The number of nitrogens with two attached hydrogens (primary N) is 1. The predicted molar refractivity (Wildman–Crippen MR) is 77.7 cm³/mol. The highest BCUT2D eigenvalue weighted by Gasteiger charge is 2.19. The number of nitrogens with one attached hydrogen (secondary N) is 1. The molecule has 6 heteroatoms. The Morgan fingerprint density at radius 2 is 2.28 bits per heavy atom. The zero-order chi connectivity index (χ0) is 13.5. The summed E-state index contributed by atoms with van der Waals surface area (Å²) in [6, 6.07) is 0.0499. The third-order valence-corrected chi connectivity index (χ3v) is 3.13. The van der Waals surface area contributed by atoms with E-state index in [-0.39, 0.29) is 6.03 Å². The normalized spacial score (nSPS) is 15.6. The second-order valence-electron chi connectivity index (χ2n) is 5.13. The van der Waals surface area contributed by atoms with Crippen LogP contribution in [0.25, 0.3) is 0 Å². The number of carbonyl (C=O) groups excluding carboxylic acids is 1. The third kappa shape index (κ3) is 5.64. The molecule has 1 heterocycles. The molecule has 0 radical (unpaired) electrons. The van der Waals surface area contributed by atoms with Crippen LogP contribution in [-0.4, -0.2) is 60.1 Å². The minimum atomic E-state index is 0.0499. The first kappa shape index (κ1) is 15.2. The van der Waals surface area contributed by atoms with E-state index in [0.717, 1.165) is 45.7 Å². The van der Waals surface area contributed by atoms with Gasteiger partial charge in [0.15, 0.2) is 0 Å². The van der Waals surface area contributed by atoms with Crippen LogP contribution in [0.3, 0.4) is 0 Å². The number of nitrogens with zero attached hydrogens (tertiary/aromatic N) is 2. The van der Waals surface area contributed by atoms with Gasteiger partial charge in [-0.25, -0.2) is 4.79 Å². The smallest absolute Gasteiger partial charge is 0.317 e. The highest BCUT2D eigenvalue weighted by Crippen LogP contribution is 2.03. The van der Waals surface area contributed by atoms with Crippen LogP contribution in [0, 0.1) is 5.92 Å². The minimum Gasteiger partial charge on any atom is -0.393 e. The molecule has 0 atom stereocenters. The monoisotopic (exact) mass is 272 g/mol. The summed E-state index contributed by atoms with van der Waals surface area (Å²) < 4.78 is 0. The van der Waals surface area contributed by atoms with Crippen LogP contribution in [0.2, 0.25) is 0 Å².